The summed E-state index contributed by atoms with van der Waals surface area (Å²) in [6.07, 6.45) is 1.02. The number of esters is 1. The topological polar surface area (TPSA) is 77.5 Å². The van der Waals surface area contributed by atoms with Crippen LogP contribution in [0.15, 0.2) is 66.4 Å². The van der Waals surface area contributed by atoms with Crippen molar-refractivity contribution < 1.29 is 28.6 Å². The molecule has 1 saturated heterocycles. The maximum absolute atomic E-state index is 12.8. The standard InChI is InChI=1S/C23H24N2O6/c1-28-17-11-9-16(10-12-17)25-20(21(29-2)22(25)26)18-13-19(23(27)30-3)31-24(18)14-15-7-5-4-6-8-15/h4-13,18,20-21H,14H2,1-3H3/t18-,20+,21-/m1/s1. The first-order chi connectivity index (χ1) is 15.1. The van der Waals surface area contributed by atoms with Crippen molar-refractivity contribution in [3.05, 3.63) is 72.0 Å². The van der Waals surface area contributed by atoms with Crippen LogP contribution in [0.5, 0.6) is 5.75 Å². The number of ether oxygens (including phenoxy) is 3. The third-order valence-electron chi connectivity index (χ3n) is 5.48. The minimum atomic E-state index is -0.665. The molecule has 4 rings (SSSR count). The quantitative estimate of drug-likeness (QED) is 0.499. The average molecular weight is 424 g/mol. The number of amides is 1. The number of anilines is 1. The van der Waals surface area contributed by atoms with Gasteiger partial charge in [0.05, 0.1) is 32.8 Å². The highest BCUT2D eigenvalue weighted by molar-refractivity contribution is 6.05. The van der Waals surface area contributed by atoms with Crippen molar-refractivity contribution in [1.29, 1.82) is 0 Å². The summed E-state index contributed by atoms with van der Waals surface area (Å²) in [5.41, 5.74) is 1.71. The van der Waals surface area contributed by atoms with Gasteiger partial charge in [-0.25, -0.2) is 4.79 Å². The van der Waals surface area contributed by atoms with Gasteiger partial charge in [-0.3, -0.25) is 4.79 Å². The van der Waals surface area contributed by atoms with Crippen molar-refractivity contribution in [1.82, 2.24) is 5.06 Å². The zero-order chi connectivity index (χ0) is 22.0. The van der Waals surface area contributed by atoms with E-state index >= 15 is 0 Å². The van der Waals surface area contributed by atoms with Crippen LogP contribution in [0.4, 0.5) is 5.69 Å². The number of hydrogen-bond acceptors (Lipinski definition) is 7. The minimum absolute atomic E-state index is 0.0901. The van der Waals surface area contributed by atoms with Crippen LogP contribution in [-0.2, 0) is 30.4 Å². The molecule has 2 aliphatic heterocycles. The molecular formula is C23H24N2O6. The van der Waals surface area contributed by atoms with Crippen molar-refractivity contribution in [3.8, 4) is 5.75 Å². The number of benzene rings is 2. The van der Waals surface area contributed by atoms with Gasteiger partial charge in [0.2, 0.25) is 5.76 Å². The summed E-state index contributed by atoms with van der Waals surface area (Å²) in [6.45, 7) is 0.417. The fourth-order valence-electron chi connectivity index (χ4n) is 3.93. The zero-order valence-corrected chi connectivity index (χ0v) is 17.6. The van der Waals surface area contributed by atoms with Crippen LogP contribution >= 0.6 is 0 Å². The van der Waals surface area contributed by atoms with E-state index < -0.39 is 24.2 Å². The Morgan fingerprint density at radius 1 is 1.03 bits per heavy atom. The molecule has 0 unspecified atom stereocenters. The molecule has 0 aliphatic carbocycles. The number of carbonyl (C=O) groups excluding carboxylic acids is 2. The molecule has 0 bridgehead atoms. The van der Waals surface area contributed by atoms with Crippen LogP contribution in [0, 0.1) is 0 Å². The number of hydrogen-bond donors (Lipinski definition) is 0. The maximum Gasteiger partial charge on any atom is 0.375 e. The fraction of sp³-hybridized carbons (Fsp3) is 0.304. The van der Waals surface area contributed by atoms with E-state index in [9.17, 15) is 9.59 Å². The van der Waals surface area contributed by atoms with E-state index in [0.717, 1.165) is 5.56 Å². The molecular weight excluding hydrogens is 400 g/mol. The van der Waals surface area contributed by atoms with Crippen LogP contribution in [-0.4, -0.2) is 56.5 Å². The van der Waals surface area contributed by atoms with E-state index in [1.165, 1.54) is 14.2 Å². The lowest BCUT2D eigenvalue weighted by Crippen LogP contribution is -2.71. The molecule has 0 radical (unpaired) electrons. The first-order valence-corrected chi connectivity index (χ1v) is 9.86. The molecule has 162 valence electrons. The van der Waals surface area contributed by atoms with E-state index in [2.05, 4.69) is 0 Å². The van der Waals surface area contributed by atoms with E-state index in [-0.39, 0.29) is 11.7 Å². The normalized spacial score (nSPS) is 23.1. The summed E-state index contributed by atoms with van der Waals surface area (Å²) < 4.78 is 15.6. The Morgan fingerprint density at radius 2 is 1.74 bits per heavy atom. The summed E-state index contributed by atoms with van der Waals surface area (Å²) >= 11 is 0. The molecule has 2 aromatic rings. The zero-order valence-electron chi connectivity index (χ0n) is 17.6. The van der Waals surface area contributed by atoms with Gasteiger partial charge in [0.25, 0.3) is 5.91 Å². The fourth-order valence-corrected chi connectivity index (χ4v) is 3.93. The number of β-lactam (4-membered cyclic amide) rings is 1. The number of carbonyl (C=O) groups is 2. The van der Waals surface area contributed by atoms with Crippen LogP contribution < -0.4 is 9.64 Å². The summed E-state index contributed by atoms with van der Waals surface area (Å²) in [7, 11) is 4.39. The maximum atomic E-state index is 12.8. The smallest absolute Gasteiger partial charge is 0.375 e. The van der Waals surface area contributed by atoms with Gasteiger partial charge in [-0.1, -0.05) is 30.3 Å². The van der Waals surface area contributed by atoms with Gasteiger partial charge in [0.15, 0.2) is 6.10 Å². The van der Waals surface area contributed by atoms with Gasteiger partial charge in [0, 0.05) is 12.8 Å². The van der Waals surface area contributed by atoms with Crippen molar-refractivity contribution in [2.75, 3.05) is 26.2 Å². The highest BCUT2D eigenvalue weighted by Gasteiger charge is 2.55. The highest BCUT2D eigenvalue weighted by atomic mass is 16.7. The average Bonchev–Trinajstić information content (AvgIpc) is 3.21. The van der Waals surface area contributed by atoms with Gasteiger partial charge in [-0.15, -0.1) is 5.06 Å². The lowest BCUT2D eigenvalue weighted by atomic mass is 9.89. The van der Waals surface area contributed by atoms with Gasteiger partial charge in [-0.05, 0) is 35.9 Å². The Bertz CT molecular complexity index is 975. The first-order valence-electron chi connectivity index (χ1n) is 9.86. The van der Waals surface area contributed by atoms with Gasteiger partial charge >= 0.3 is 5.97 Å². The van der Waals surface area contributed by atoms with Crippen LogP contribution in [0.3, 0.4) is 0 Å². The first kappa shape index (κ1) is 20.9. The van der Waals surface area contributed by atoms with Crippen LogP contribution in [0.2, 0.25) is 0 Å². The van der Waals surface area contributed by atoms with Gasteiger partial charge < -0.3 is 23.9 Å². The van der Waals surface area contributed by atoms with Gasteiger partial charge in [-0.2, -0.15) is 0 Å². The molecule has 0 spiro atoms. The summed E-state index contributed by atoms with van der Waals surface area (Å²) in [6, 6.07) is 16.2. The second-order valence-electron chi connectivity index (χ2n) is 7.22. The largest absolute Gasteiger partial charge is 0.497 e. The molecule has 2 heterocycles. The number of methoxy groups -OCH3 is 3. The third-order valence-corrected chi connectivity index (χ3v) is 5.48. The molecule has 0 aromatic heterocycles. The summed E-state index contributed by atoms with van der Waals surface area (Å²) in [5.74, 6) is 0.0556. The summed E-state index contributed by atoms with van der Waals surface area (Å²) in [4.78, 5) is 32.5. The van der Waals surface area contributed by atoms with Crippen LogP contribution in [0.1, 0.15) is 5.56 Å². The molecule has 1 amide bonds. The predicted molar refractivity (Wildman–Crippen MR) is 112 cm³/mol. The molecule has 2 aromatic carbocycles. The van der Waals surface area contributed by atoms with E-state index in [0.29, 0.717) is 18.0 Å². The molecule has 2 aliphatic rings. The predicted octanol–water partition coefficient (Wildman–Crippen LogP) is 2.30. The second kappa shape index (κ2) is 8.79. The Balaban J connectivity index is 1.67. The molecule has 0 N–H and O–H groups in total. The van der Waals surface area contributed by atoms with Crippen molar-refractivity contribution in [2.24, 2.45) is 0 Å². The number of nitrogens with zero attached hydrogens (tertiary/aromatic N) is 2. The minimum Gasteiger partial charge on any atom is -0.497 e. The Labute approximate surface area is 180 Å². The lowest BCUT2D eigenvalue weighted by molar-refractivity contribution is -0.170. The Hall–Kier alpha value is -3.36. The molecule has 0 saturated carbocycles. The Kier molecular flexibility index (Phi) is 5.92. The number of hydroxylamine groups is 2. The van der Waals surface area contributed by atoms with E-state index in [4.69, 9.17) is 19.0 Å². The second-order valence-corrected chi connectivity index (χ2v) is 7.22. The van der Waals surface area contributed by atoms with Crippen molar-refractivity contribution >= 4 is 17.6 Å². The number of rotatable bonds is 7. The summed E-state index contributed by atoms with van der Waals surface area (Å²) in [5, 5.41) is 1.68. The van der Waals surface area contributed by atoms with Crippen molar-refractivity contribution in [3.63, 3.8) is 0 Å². The van der Waals surface area contributed by atoms with Crippen molar-refractivity contribution in [2.45, 2.75) is 24.7 Å². The molecule has 3 atom stereocenters. The molecule has 1 fully saturated rings. The van der Waals surface area contributed by atoms with Crippen LogP contribution in [0.25, 0.3) is 0 Å². The van der Waals surface area contributed by atoms with E-state index in [1.54, 1.807) is 35.3 Å². The SMILES string of the molecule is COC(=O)C1=C[C@H]([C@H]2[C@@H](OC)C(=O)N2c2ccc(OC)cc2)N(Cc2ccccc2)O1. The Morgan fingerprint density at radius 3 is 2.35 bits per heavy atom. The monoisotopic (exact) mass is 424 g/mol. The van der Waals surface area contributed by atoms with E-state index in [1.807, 2.05) is 42.5 Å². The molecule has 8 nitrogen and oxygen atoms in total. The third kappa shape index (κ3) is 3.87. The lowest BCUT2D eigenvalue weighted by Gasteiger charge is -2.49. The highest BCUT2D eigenvalue weighted by Crippen LogP contribution is 2.38. The molecule has 8 heteroatoms. The molecule has 31 heavy (non-hydrogen) atoms. The van der Waals surface area contributed by atoms with Gasteiger partial charge in [0.1, 0.15) is 5.75 Å².